The van der Waals surface area contributed by atoms with E-state index >= 15 is 0 Å². The second kappa shape index (κ2) is 6.08. The Bertz CT molecular complexity index is 341. The van der Waals surface area contributed by atoms with Crippen LogP contribution in [-0.2, 0) is 17.1 Å². The Morgan fingerprint density at radius 2 is 2.14 bits per heavy atom. The molecule has 0 aliphatic heterocycles. The molecular formula is C10H9BrClIO. The minimum Gasteiger partial charge on any atom is -0.298 e. The molecule has 0 fully saturated rings. The largest absolute Gasteiger partial charge is 0.298 e. The Balaban J connectivity index is 2.93. The summed E-state index contributed by atoms with van der Waals surface area (Å²) in [6.07, 6.45) is 0.462. The number of hydrogen-bond acceptors (Lipinski definition) is 1. The first-order valence-electron chi connectivity index (χ1n) is 4.08. The first kappa shape index (κ1) is 12.5. The predicted molar refractivity (Wildman–Crippen MR) is 71.2 cm³/mol. The predicted octanol–water partition coefficient (Wildman–Crippen LogP) is 3.54. The maximum atomic E-state index is 11.3. The van der Waals surface area contributed by atoms with Crippen molar-refractivity contribution in [2.24, 2.45) is 0 Å². The number of ketones is 1. The summed E-state index contributed by atoms with van der Waals surface area (Å²) >= 11 is 11.2. The Hall–Kier alpha value is 0.390. The van der Waals surface area contributed by atoms with Crippen LogP contribution in [0.1, 0.15) is 11.1 Å². The van der Waals surface area contributed by atoms with Gasteiger partial charge in [0.1, 0.15) is 5.78 Å². The minimum atomic E-state index is 0.179. The topological polar surface area (TPSA) is 17.1 Å². The summed E-state index contributed by atoms with van der Waals surface area (Å²) in [4.78, 5) is 11.3. The van der Waals surface area contributed by atoms with E-state index < -0.39 is 0 Å². The van der Waals surface area contributed by atoms with E-state index in [0.717, 1.165) is 14.7 Å². The van der Waals surface area contributed by atoms with Crippen molar-refractivity contribution in [2.75, 3.05) is 5.33 Å². The number of carbonyl (C=O) groups is 1. The van der Waals surface area contributed by atoms with Gasteiger partial charge in [-0.3, -0.25) is 4.79 Å². The van der Waals surface area contributed by atoms with Gasteiger partial charge in [0.15, 0.2) is 0 Å². The summed E-state index contributed by atoms with van der Waals surface area (Å²) in [5.74, 6) is 0.639. The highest BCUT2D eigenvalue weighted by atomic mass is 127. The third-order valence-corrected chi connectivity index (χ3v) is 3.43. The fourth-order valence-electron chi connectivity index (χ4n) is 1.15. The second-order valence-corrected chi connectivity index (χ2v) is 4.97. The molecule has 4 heteroatoms. The number of Topliss-reactive ketones (excluding diaryl/α,β-unsaturated/α-hetero) is 1. The third-order valence-electron chi connectivity index (χ3n) is 1.85. The molecule has 0 atom stereocenters. The zero-order chi connectivity index (χ0) is 10.6. The van der Waals surface area contributed by atoms with Gasteiger partial charge in [0.05, 0.1) is 5.33 Å². The van der Waals surface area contributed by atoms with Crippen LogP contribution in [0.3, 0.4) is 0 Å². The van der Waals surface area contributed by atoms with Crippen LogP contribution in [0.2, 0.25) is 0 Å². The lowest BCUT2D eigenvalue weighted by atomic mass is 10.0. The van der Waals surface area contributed by atoms with Gasteiger partial charge in [-0.15, -0.1) is 11.6 Å². The van der Waals surface area contributed by atoms with Crippen molar-refractivity contribution in [2.45, 2.75) is 12.3 Å². The highest BCUT2D eigenvalue weighted by molar-refractivity contribution is 14.1. The number of benzene rings is 1. The lowest BCUT2D eigenvalue weighted by Gasteiger charge is -2.06. The van der Waals surface area contributed by atoms with Gasteiger partial charge in [-0.25, -0.2) is 0 Å². The molecule has 0 saturated carbocycles. The highest BCUT2D eigenvalue weighted by Gasteiger charge is 2.06. The van der Waals surface area contributed by atoms with Gasteiger partial charge in [-0.1, -0.05) is 22.0 Å². The Morgan fingerprint density at radius 3 is 2.71 bits per heavy atom. The molecule has 0 aliphatic carbocycles. The van der Waals surface area contributed by atoms with Crippen molar-refractivity contribution in [3.63, 3.8) is 0 Å². The summed E-state index contributed by atoms with van der Waals surface area (Å²) < 4.78 is 1.13. The summed E-state index contributed by atoms with van der Waals surface area (Å²) in [6, 6.07) is 5.99. The van der Waals surface area contributed by atoms with E-state index in [0.29, 0.717) is 17.6 Å². The van der Waals surface area contributed by atoms with Gasteiger partial charge in [0.2, 0.25) is 0 Å². The molecule has 1 nitrogen and oxygen atoms in total. The highest BCUT2D eigenvalue weighted by Crippen LogP contribution is 2.17. The van der Waals surface area contributed by atoms with Crippen LogP contribution in [0.25, 0.3) is 0 Å². The minimum absolute atomic E-state index is 0.179. The molecule has 0 saturated heterocycles. The van der Waals surface area contributed by atoms with E-state index in [-0.39, 0.29) is 5.78 Å². The zero-order valence-corrected chi connectivity index (χ0v) is 11.9. The molecule has 14 heavy (non-hydrogen) atoms. The monoisotopic (exact) mass is 386 g/mol. The summed E-state index contributed by atoms with van der Waals surface area (Å²) in [6.45, 7) is 0. The van der Waals surface area contributed by atoms with Crippen LogP contribution in [0, 0.1) is 3.57 Å². The summed E-state index contributed by atoms with van der Waals surface area (Å²) in [5.41, 5.74) is 2.08. The maximum absolute atomic E-state index is 11.3. The zero-order valence-electron chi connectivity index (χ0n) is 7.40. The average Bonchev–Trinajstić information content (AvgIpc) is 2.18. The molecule has 0 unspecified atom stereocenters. The smallest absolute Gasteiger partial charge is 0.147 e. The standard InChI is InChI=1S/C10H9BrClIO/c11-5-10(14)4-8-3-9(13)2-1-7(8)6-12/h1-3H,4-6H2. The number of rotatable bonds is 4. The molecule has 1 aromatic carbocycles. The van der Waals surface area contributed by atoms with Crippen molar-refractivity contribution in [1.82, 2.24) is 0 Å². The van der Waals surface area contributed by atoms with Crippen LogP contribution in [0.5, 0.6) is 0 Å². The van der Waals surface area contributed by atoms with E-state index in [2.05, 4.69) is 38.5 Å². The average molecular weight is 387 g/mol. The van der Waals surface area contributed by atoms with Gasteiger partial charge < -0.3 is 0 Å². The number of hydrogen-bond donors (Lipinski definition) is 0. The molecule has 0 N–H and O–H groups in total. The van der Waals surface area contributed by atoms with E-state index in [9.17, 15) is 4.79 Å². The first-order valence-corrected chi connectivity index (χ1v) is 6.81. The quantitative estimate of drug-likeness (QED) is 0.571. The fraction of sp³-hybridized carbons (Fsp3) is 0.300. The van der Waals surface area contributed by atoms with Crippen LogP contribution in [0.4, 0.5) is 0 Å². The first-order chi connectivity index (χ1) is 6.67. The molecule has 0 heterocycles. The number of halogens is 3. The SMILES string of the molecule is O=C(CBr)Cc1cc(I)ccc1CCl. The number of carbonyl (C=O) groups excluding carboxylic acids is 1. The van der Waals surface area contributed by atoms with Crippen LogP contribution in [-0.4, -0.2) is 11.1 Å². The summed E-state index contributed by atoms with van der Waals surface area (Å²) in [5, 5.41) is 0.403. The number of alkyl halides is 2. The molecule has 0 spiro atoms. The van der Waals surface area contributed by atoms with Crippen molar-refractivity contribution in [3.05, 3.63) is 32.9 Å². The van der Waals surface area contributed by atoms with E-state index in [4.69, 9.17) is 11.6 Å². The summed E-state index contributed by atoms with van der Waals surface area (Å²) in [7, 11) is 0. The lowest BCUT2D eigenvalue weighted by molar-refractivity contribution is -0.115. The molecule has 0 radical (unpaired) electrons. The van der Waals surface area contributed by atoms with Crippen molar-refractivity contribution >= 4 is 55.9 Å². The molecule has 1 aromatic rings. The normalized spacial score (nSPS) is 10.2. The van der Waals surface area contributed by atoms with E-state index in [1.807, 2.05) is 18.2 Å². The van der Waals surface area contributed by atoms with E-state index in [1.165, 1.54) is 0 Å². The van der Waals surface area contributed by atoms with Crippen LogP contribution in [0.15, 0.2) is 18.2 Å². The molecule has 1 rings (SSSR count). The Labute approximate surface area is 110 Å². The lowest BCUT2D eigenvalue weighted by Crippen LogP contribution is -2.05. The van der Waals surface area contributed by atoms with Gasteiger partial charge in [0, 0.05) is 15.9 Å². The van der Waals surface area contributed by atoms with Crippen LogP contribution < -0.4 is 0 Å². The molecular weight excluding hydrogens is 378 g/mol. The maximum Gasteiger partial charge on any atom is 0.147 e. The Morgan fingerprint density at radius 1 is 1.43 bits per heavy atom. The molecule has 0 amide bonds. The third kappa shape index (κ3) is 3.51. The fourth-order valence-corrected chi connectivity index (χ4v) is 2.16. The van der Waals surface area contributed by atoms with Gasteiger partial charge in [-0.05, 0) is 45.9 Å². The van der Waals surface area contributed by atoms with E-state index in [1.54, 1.807) is 0 Å². The molecule has 76 valence electrons. The van der Waals surface area contributed by atoms with Crippen molar-refractivity contribution in [3.8, 4) is 0 Å². The van der Waals surface area contributed by atoms with Gasteiger partial charge in [0.25, 0.3) is 0 Å². The van der Waals surface area contributed by atoms with Gasteiger partial charge in [-0.2, -0.15) is 0 Å². The Kier molecular flexibility index (Phi) is 5.41. The molecule has 0 aliphatic rings. The molecule has 0 bridgehead atoms. The van der Waals surface area contributed by atoms with Crippen LogP contribution >= 0.6 is 50.1 Å². The van der Waals surface area contributed by atoms with Crippen molar-refractivity contribution in [1.29, 1.82) is 0 Å². The second-order valence-electron chi connectivity index (χ2n) is 2.90. The van der Waals surface area contributed by atoms with Gasteiger partial charge >= 0.3 is 0 Å². The van der Waals surface area contributed by atoms with Crippen molar-refractivity contribution < 1.29 is 4.79 Å². The molecule has 0 aromatic heterocycles.